The molecule has 0 amide bonds. The fraction of sp³-hybridized carbons (Fsp3) is 0.647. The van der Waals surface area contributed by atoms with Crippen LogP contribution < -0.4 is 5.32 Å². The predicted octanol–water partition coefficient (Wildman–Crippen LogP) is 2.53. The Morgan fingerprint density at radius 3 is 3.13 bits per heavy atom. The minimum absolute atomic E-state index is 0.0773. The third kappa shape index (κ3) is 3.00. The van der Waals surface area contributed by atoms with Gasteiger partial charge in [-0.15, -0.1) is 0 Å². The van der Waals surface area contributed by atoms with Gasteiger partial charge in [0.1, 0.15) is 17.7 Å². The molecule has 23 heavy (non-hydrogen) atoms. The monoisotopic (exact) mass is 315 g/mol. The van der Waals surface area contributed by atoms with Gasteiger partial charge in [-0.25, -0.2) is 4.98 Å². The maximum Gasteiger partial charge on any atom is 0.148 e. The first-order valence-electron chi connectivity index (χ1n) is 8.70. The van der Waals surface area contributed by atoms with E-state index >= 15 is 0 Å². The van der Waals surface area contributed by atoms with Crippen molar-refractivity contribution in [3.05, 3.63) is 30.0 Å². The second-order valence-electron chi connectivity index (χ2n) is 6.67. The number of hydrogen-bond donors (Lipinski definition) is 1. The van der Waals surface area contributed by atoms with Crippen LogP contribution in [0.1, 0.15) is 43.3 Å². The van der Waals surface area contributed by atoms with Crippen LogP contribution in [0.25, 0.3) is 0 Å². The van der Waals surface area contributed by atoms with Gasteiger partial charge in [-0.05, 0) is 32.1 Å². The second kappa shape index (κ2) is 6.35. The van der Waals surface area contributed by atoms with E-state index in [0.29, 0.717) is 5.92 Å². The molecular weight excluding hydrogens is 290 g/mol. The fourth-order valence-electron chi connectivity index (χ4n) is 3.73. The molecule has 0 saturated carbocycles. The summed E-state index contributed by atoms with van der Waals surface area (Å²) in [5.41, 5.74) is 1.36. The molecule has 6 heteroatoms. The van der Waals surface area contributed by atoms with Gasteiger partial charge in [0.05, 0.1) is 0 Å². The fourth-order valence-corrected chi connectivity index (χ4v) is 3.73. The lowest BCUT2D eigenvalue weighted by Gasteiger charge is -2.31. The summed E-state index contributed by atoms with van der Waals surface area (Å²) in [5, 5.41) is 8.22. The van der Waals surface area contributed by atoms with E-state index in [9.17, 15) is 0 Å². The third-order valence-electron chi connectivity index (χ3n) is 5.02. The van der Waals surface area contributed by atoms with E-state index in [2.05, 4.69) is 30.7 Å². The number of hydrogen-bond acceptors (Lipinski definition) is 4. The molecule has 1 saturated heterocycles. The van der Waals surface area contributed by atoms with Crippen LogP contribution >= 0.6 is 0 Å². The van der Waals surface area contributed by atoms with E-state index in [0.717, 1.165) is 50.6 Å². The zero-order chi connectivity index (χ0) is 15.6. The molecule has 124 valence electrons. The molecule has 0 bridgehead atoms. The number of ether oxygens (including phenoxy) is 1. The Bertz CT molecular complexity index is 638. The standard InChI is InChI=1S/C17H25N5O/c1-21-9-7-18-17(21)16-13(5-4-10-23-16)12-19-15-11-14-6-2-3-8-22(14)20-15/h7,9,11,13,16H,2-6,8,10,12H2,1H3,(H,19,20)/t13-,16+/m0/s1. The molecule has 2 aliphatic rings. The van der Waals surface area contributed by atoms with Crippen molar-refractivity contribution >= 4 is 5.82 Å². The highest BCUT2D eigenvalue weighted by molar-refractivity contribution is 5.36. The van der Waals surface area contributed by atoms with E-state index < -0.39 is 0 Å². The Morgan fingerprint density at radius 1 is 1.35 bits per heavy atom. The van der Waals surface area contributed by atoms with Crippen molar-refractivity contribution in [1.29, 1.82) is 0 Å². The molecule has 4 heterocycles. The summed E-state index contributed by atoms with van der Waals surface area (Å²) < 4.78 is 10.3. The van der Waals surface area contributed by atoms with E-state index in [4.69, 9.17) is 4.74 Å². The smallest absolute Gasteiger partial charge is 0.148 e. The van der Waals surface area contributed by atoms with Crippen molar-refractivity contribution in [3.8, 4) is 0 Å². The van der Waals surface area contributed by atoms with Crippen molar-refractivity contribution in [2.75, 3.05) is 18.5 Å². The topological polar surface area (TPSA) is 56.9 Å². The SMILES string of the molecule is Cn1ccnc1[C@@H]1OCCC[C@H]1CNc1cc2n(n1)CCCC2. The van der Waals surface area contributed by atoms with Crippen molar-refractivity contribution in [2.24, 2.45) is 13.0 Å². The van der Waals surface area contributed by atoms with Crippen molar-refractivity contribution in [1.82, 2.24) is 19.3 Å². The highest BCUT2D eigenvalue weighted by Gasteiger charge is 2.30. The number of nitrogens with one attached hydrogen (secondary N) is 1. The van der Waals surface area contributed by atoms with Crippen LogP contribution in [0, 0.1) is 5.92 Å². The van der Waals surface area contributed by atoms with Gasteiger partial charge in [-0.2, -0.15) is 5.10 Å². The number of nitrogens with zero attached hydrogens (tertiary/aromatic N) is 4. The van der Waals surface area contributed by atoms with Gasteiger partial charge in [0.15, 0.2) is 0 Å². The highest BCUT2D eigenvalue weighted by atomic mass is 16.5. The van der Waals surface area contributed by atoms with E-state index in [1.807, 2.05) is 19.4 Å². The summed E-state index contributed by atoms with van der Waals surface area (Å²) in [6.45, 7) is 2.76. The van der Waals surface area contributed by atoms with Gasteiger partial charge in [0.25, 0.3) is 0 Å². The average molecular weight is 315 g/mol. The summed E-state index contributed by atoms with van der Waals surface area (Å²) in [5.74, 6) is 2.47. The van der Waals surface area contributed by atoms with Gasteiger partial charge in [0, 0.05) is 56.8 Å². The quantitative estimate of drug-likeness (QED) is 0.942. The Kier molecular flexibility index (Phi) is 4.08. The predicted molar refractivity (Wildman–Crippen MR) is 88.3 cm³/mol. The molecule has 2 atom stereocenters. The summed E-state index contributed by atoms with van der Waals surface area (Å²) in [6, 6.07) is 2.21. The average Bonchev–Trinajstić information content (AvgIpc) is 3.18. The molecule has 4 rings (SSSR count). The van der Waals surface area contributed by atoms with Crippen molar-refractivity contribution in [2.45, 2.75) is 44.8 Å². The molecule has 0 unspecified atom stereocenters. The van der Waals surface area contributed by atoms with Crippen molar-refractivity contribution < 1.29 is 4.74 Å². The van der Waals surface area contributed by atoms with Gasteiger partial charge >= 0.3 is 0 Å². The lowest BCUT2D eigenvalue weighted by molar-refractivity contribution is -0.0305. The summed E-state index contributed by atoms with van der Waals surface area (Å²) in [4.78, 5) is 4.49. The van der Waals surface area contributed by atoms with Crippen LogP contribution in [0.3, 0.4) is 0 Å². The van der Waals surface area contributed by atoms with Crippen LogP contribution in [0.15, 0.2) is 18.5 Å². The first-order chi connectivity index (χ1) is 11.3. The summed E-state index contributed by atoms with van der Waals surface area (Å²) in [7, 11) is 2.04. The first kappa shape index (κ1) is 14.8. The summed E-state index contributed by atoms with van der Waals surface area (Å²) >= 11 is 0. The number of fused-ring (bicyclic) bond motifs is 1. The maximum absolute atomic E-state index is 6.04. The van der Waals surface area contributed by atoms with Gasteiger partial charge in [0.2, 0.25) is 0 Å². The molecule has 0 radical (unpaired) electrons. The number of aromatic nitrogens is 4. The maximum atomic E-state index is 6.04. The third-order valence-corrected chi connectivity index (χ3v) is 5.02. The van der Waals surface area contributed by atoms with Gasteiger partial charge in [-0.3, -0.25) is 4.68 Å². The summed E-state index contributed by atoms with van der Waals surface area (Å²) in [6.07, 6.45) is 9.87. The minimum atomic E-state index is 0.0773. The van der Waals surface area contributed by atoms with E-state index in [1.54, 1.807) is 0 Å². The lowest BCUT2D eigenvalue weighted by atomic mass is 9.93. The normalized spacial score (nSPS) is 24.4. The molecular formula is C17H25N5O. The number of aryl methyl sites for hydroxylation is 3. The molecule has 0 aromatic carbocycles. The van der Waals surface area contributed by atoms with Crippen LogP contribution in [-0.4, -0.2) is 32.5 Å². The molecule has 0 aliphatic carbocycles. The first-order valence-corrected chi connectivity index (χ1v) is 8.70. The highest BCUT2D eigenvalue weighted by Crippen LogP contribution is 2.32. The zero-order valence-electron chi connectivity index (χ0n) is 13.7. The van der Waals surface area contributed by atoms with Crippen LogP contribution in [0.5, 0.6) is 0 Å². The molecule has 0 spiro atoms. The minimum Gasteiger partial charge on any atom is -0.370 e. The van der Waals surface area contributed by atoms with E-state index in [-0.39, 0.29) is 6.10 Å². The van der Waals surface area contributed by atoms with Gasteiger partial charge < -0.3 is 14.6 Å². The zero-order valence-corrected chi connectivity index (χ0v) is 13.7. The van der Waals surface area contributed by atoms with E-state index in [1.165, 1.54) is 18.5 Å². The van der Waals surface area contributed by atoms with Crippen LogP contribution in [0.4, 0.5) is 5.82 Å². The second-order valence-corrected chi connectivity index (χ2v) is 6.67. The molecule has 1 fully saturated rings. The van der Waals surface area contributed by atoms with Crippen LogP contribution in [0.2, 0.25) is 0 Å². The number of imidazole rings is 1. The lowest BCUT2D eigenvalue weighted by Crippen LogP contribution is -2.30. The molecule has 1 N–H and O–H groups in total. The van der Waals surface area contributed by atoms with Gasteiger partial charge in [-0.1, -0.05) is 0 Å². The Labute approximate surface area is 136 Å². The molecule has 2 aromatic rings. The molecule has 2 aliphatic heterocycles. The Hall–Kier alpha value is -1.82. The number of anilines is 1. The Balaban J connectivity index is 1.44. The molecule has 2 aromatic heterocycles. The Morgan fingerprint density at radius 2 is 2.30 bits per heavy atom. The number of rotatable bonds is 4. The largest absolute Gasteiger partial charge is 0.370 e. The van der Waals surface area contributed by atoms with Crippen molar-refractivity contribution in [3.63, 3.8) is 0 Å². The molecule has 6 nitrogen and oxygen atoms in total. The van der Waals surface area contributed by atoms with Crippen LogP contribution in [-0.2, 0) is 24.8 Å².